The van der Waals surface area contributed by atoms with Crippen LogP contribution < -0.4 is 5.32 Å². The van der Waals surface area contributed by atoms with Gasteiger partial charge in [0.2, 0.25) is 0 Å². The molecule has 6 nitrogen and oxygen atoms in total. The van der Waals surface area contributed by atoms with E-state index in [1.54, 1.807) is 0 Å². The highest BCUT2D eigenvalue weighted by molar-refractivity contribution is 5.92. The van der Waals surface area contributed by atoms with Crippen molar-refractivity contribution in [3.05, 3.63) is 53.9 Å². The lowest BCUT2D eigenvalue weighted by Gasteiger charge is -2.37. The van der Waals surface area contributed by atoms with Crippen LogP contribution in [0.3, 0.4) is 0 Å². The van der Waals surface area contributed by atoms with Gasteiger partial charge in [-0.3, -0.25) is 9.48 Å². The van der Waals surface area contributed by atoms with Gasteiger partial charge >= 0.3 is 0 Å². The maximum Gasteiger partial charge on any atom is 0.274 e. The summed E-state index contributed by atoms with van der Waals surface area (Å²) in [5.74, 6) is -0.00995. The fourth-order valence-corrected chi connectivity index (χ4v) is 3.77. The molecule has 0 radical (unpaired) electrons. The van der Waals surface area contributed by atoms with Crippen molar-refractivity contribution in [2.45, 2.75) is 38.0 Å². The van der Waals surface area contributed by atoms with Gasteiger partial charge in [-0.25, -0.2) is 0 Å². The second kappa shape index (κ2) is 8.87. The van der Waals surface area contributed by atoms with E-state index in [0.29, 0.717) is 24.9 Å². The molecule has 3 atom stereocenters. The number of hydrogen-bond acceptors (Lipinski definition) is 4. The molecule has 1 aromatic heterocycles. The zero-order chi connectivity index (χ0) is 17.9. The van der Waals surface area contributed by atoms with Crippen LogP contribution in [-0.4, -0.2) is 52.9 Å². The summed E-state index contributed by atoms with van der Waals surface area (Å²) in [6.07, 6.45) is 4.10. The van der Waals surface area contributed by atoms with Crippen molar-refractivity contribution < 1.29 is 9.53 Å². The minimum absolute atomic E-state index is 0. The van der Waals surface area contributed by atoms with Gasteiger partial charge in [0.05, 0.1) is 25.2 Å². The number of ether oxygens (including phenoxy) is 1. The van der Waals surface area contributed by atoms with Crippen molar-refractivity contribution in [1.82, 2.24) is 20.0 Å². The molecule has 2 aromatic rings. The van der Waals surface area contributed by atoms with Gasteiger partial charge < -0.3 is 15.0 Å². The Labute approximate surface area is 166 Å². The van der Waals surface area contributed by atoms with Gasteiger partial charge in [-0.2, -0.15) is 5.10 Å². The highest BCUT2D eigenvalue weighted by Gasteiger charge is 2.32. The molecule has 4 rings (SSSR count). The molecular weight excluding hydrogens is 364 g/mol. The monoisotopic (exact) mass is 390 g/mol. The van der Waals surface area contributed by atoms with E-state index in [4.69, 9.17) is 4.74 Å². The number of piperidine rings is 1. The molecule has 2 saturated heterocycles. The summed E-state index contributed by atoms with van der Waals surface area (Å²) in [5, 5.41) is 7.98. The van der Waals surface area contributed by atoms with E-state index >= 15 is 0 Å². The van der Waals surface area contributed by atoms with E-state index in [1.807, 2.05) is 59.1 Å². The molecule has 3 heterocycles. The van der Waals surface area contributed by atoms with E-state index in [0.717, 1.165) is 31.5 Å². The van der Waals surface area contributed by atoms with Crippen LogP contribution in [0, 0.1) is 0 Å². The lowest BCUT2D eigenvalue weighted by atomic mass is 10.1. The topological polar surface area (TPSA) is 59.4 Å². The number of rotatable bonds is 3. The average Bonchev–Trinajstić information content (AvgIpc) is 3.19. The zero-order valence-corrected chi connectivity index (χ0v) is 16.4. The number of amides is 1. The first-order valence-corrected chi connectivity index (χ1v) is 9.46. The largest absolute Gasteiger partial charge is 0.370 e. The Morgan fingerprint density at radius 3 is 2.81 bits per heavy atom. The smallest absolute Gasteiger partial charge is 0.274 e. The third-order valence-corrected chi connectivity index (χ3v) is 5.34. The van der Waals surface area contributed by atoms with Crippen molar-refractivity contribution in [2.24, 2.45) is 0 Å². The normalized spacial score (nSPS) is 25.7. The minimum Gasteiger partial charge on any atom is -0.370 e. The molecule has 2 aliphatic heterocycles. The van der Waals surface area contributed by atoms with Crippen molar-refractivity contribution in [1.29, 1.82) is 0 Å². The fourth-order valence-electron chi connectivity index (χ4n) is 3.77. The summed E-state index contributed by atoms with van der Waals surface area (Å²) in [5.41, 5.74) is 1.63. The molecule has 1 N–H and O–H groups in total. The quantitative estimate of drug-likeness (QED) is 0.875. The zero-order valence-electron chi connectivity index (χ0n) is 15.6. The Morgan fingerprint density at radius 1 is 1.26 bits per heavy atom. The average molecular weight is 391 g/mol. The van der Waals surface area contributed by atoms with Crippen LogP contribution in [0.25, 0.3) is 0 Å². The van der Waals surface area contributed by atoms with E-state index < -0.39 is 0 Å². The lowest BCUT2D eigenvalue weighted by molar-refractivity contribution is -0.0488. The predicted molar refractivity (Wildman–Crippen MR) is 106 cm³/mol. The van der Waals surface area contributed by atoms with Gasteiger partial charge in [-0.1, -0.05) is 30.3 Å². The fraction of sp³-hybridized carbons (Fsp3) is 0.500. The van der Waals surface area contributed by atoms with Gasteiger partial charge in [-0.05, 0) is 37.9 Å². The predicted octanol–water partition coefficient (Wildman–Crippen LogP) is 2.83. The summed E-state index contributed by atoms with van der Waals surface area (Å²) < 4.78 is 7.91. The number of nitrogens with zero attached hydrogens (tertiary/aromatic N) is 3. The van der Waals surface area contributed by atoms with E-state index in [1.165, 1.54) is 0 Å². The number of carbonyl (C=O) groups excluding carboxylic acids is 1. The van der Waals surface area contributed by atoms with Crippen LogP contribution in [0.15, 0.2) is 42.6 Å². The second-order valence-electron chi connectivity index (χ2n) is 7.22. The van der Waals surface area contributed by atoms with Crippen LogP contribution in [0.1, 0.15) is 48.0 Å². The molecule has 0 saturated carbocycles. The first kappa shape index (κ1) is 19.9. The van der Waals surface area contributed by atoms with E-state index in [-0.39, 0.29) is 30.5 Å². The Balaban J connectivity index is 0.00000210. The summed E-state index contributed by atoms with van der Waals surface area (Å²) in [7, 11) is 0. The van der Waals surface area contributed by atoms with Gasteiger partial charge in [0.1, 0.15) is 11.8 Å². The van der Waals surface area contributed by atoms with Crippen molar-refractivity contribution in [2.75, 3.05) is 26.2 Å². The molecule has 2 fully saturated rings. The van der Waals surface area contributed by atoms with Gasteiger partial charge in [-0.15, -0.1) is 12.4 Å². The molecule has 1 aromatic carbocycles. The van der Waals surface area contributed by atoms with Crippen molar-refractivity contribution in [3.8, 4) is 0 Å². The Kier molecular flexibility index (Phi) is 6.52. The molecular formula is C20H27ClN4O2. The van der Waals surface area contributed by atoms with Gasteiger partial charge in [0, 0.05) is 12.7 Å². The highest BCUT2D eigenvalue weighted by Crippen LogP contribution is 2.26. The number of benzene rings is 1. The van der Waals surface area contributed by atoms with Crippen LogP contribution in [0.5, 0.6) is 0 Å². The standard InChI is InChI=1S/C20H26N4O2.ClH/c1-15-14-26-19(16-6-3-2-4-7-16)13-23(15)20(25)18-9-11-24(22-18)17-8-5-10-21-12-17;/h2-4,6-7,9,11,15,17,19,21H,5,8,10,12-14H2,1H3;1H. The Morgan fingerprint density at radius 2 is 2.07 bits per heavy atom. The summed E-state index contributed by atoms with van der Waals surface area (Å²) in [4.78, 5) is 15.0. The van der Waals surface area contributed by atoms with Crippen LogP contribution in [0.4, 0.5) is 0 Å². The molecule has 7 heteroatoms. The van der Waals surface area contributed by atoms with Crippen LogP contribution in [0.2, 0.25) is 0 Å². The molecule has 0 bridgehead atoms. The van der Waals surface area contributed by atoms with Crippen LogP contribution >= 0.6 is 12.4 Å². The summed E-state index contributed by atoms with van der Waals surface area (Å²) in [6.45, 7) is 5.11. The molecule has 2 aliphatic rings. The lowest BCUT2D eigenvalue weighted by Crippen LogP contribution is -2.48. The second-order valence-corrected chi connectivity index (χ2v) is 7.22. The van der Waals surface area contributed by atoms with Crippen molar-refractivity contribution >= 4 is 18.3 Å². The third kappa shape index (κ3) is 4.34. The van der Waals surface area contributed by atoms with E-state index in [2.05, 4.69) is 10.4 Å². The Hall–Kier alpha value is -1.89. The first-order valence-electron chi connectivity index (χ1n) is 9.46. The number of hydrogen-bond donors (Lipinski definition) is 1. The number of carbonyl (C=O) groups is 1. The highest BCUT2D eigenvalue weighted by atomic mass is 35.5. The third-order valence-electron chi connectivity index (χ3n) is 5.34. The Bertz CT molecular complexity index is 745. The molecule has 1 amide bonds. The summed E-state index contributed by atoms with van der Waals surface area (Å²) >= 11 is 0. The van der Waals surface area contributed by atoms with Crippen molar-refractivity contribution in [3.63, 3.8) is 0 Å². The maximum atomic E-state index is 13.1. The molecule has 0 aliphatic carbocycles. The van der Waals surface area contributed by atoms with Crippen LogP contribution in [-0.2, 0) is 4.74 Å². The minimum atomic E-state index is -0.0824. The number of nitrogens with one attached hydrogen (secondary N) is 1. The SMILES string of the molecule is CC1COC(c2ccccc2)CN1C(=O)c1ccn(C2CCCNC2)n1.Cl. The number of aromatic nitrogens is 2. The number of halogens is 1. The number of morpholine rings is 1. The molecule has 3 unspecified atom stereocenters. The van der Waals surface area contributed by atoms with Gasteiger partial charge in [0.25, 0.3) is 5.91 Å². The molecule has 27 heavy (non-hydrogen) atoms. The van der Waals surface area contributed by atoms with E-state index in [9.17, 15) is 4.79 Å². The molecule has 146 valence electrons. The maximum absolute atomic E-state index is 13.1. The van der Waals surface area contributed by atoms with Gasteiger partial charge in [0.15, 0.2) is 0 Å². The summed E-state index contributed by atoms with van der Waals surface area (Å²) in [6, 6.07) is 12.3. The molecule has 0 spiro atoms. The first-order chi connectivity index (χ1) is 12.7.